The van der Waals surface area contributed by atoms with Gasteiger partial charge in [0.25, 0.3) is 26.0 Å². The van der Waals surface area contributed by atoms with Crippen molar-refractivity contribution in [3.63, 3.8) is 0 Å². The molecule has 37 heavy (non-hydrogen) atoms. The molecule has 0 saturated heterocycles. The Labute approximate surface area is 219 Å². The number of methoxy groups -OCH3 is 1. The second kappa shape index (κ2) is 10.6. The summed E-state index contributed by atoms with van der Waals surface area (Å²) in [5, 5.41) is 4.39. The molecule has 192 valence electrons. The summed E-state index contributed by atoms with van der Waals surface area (Å²) in [4.78, 5) is 12.7. The monoisotopic (exact) mass is 557 g/mol. The number of ether oxygens (including phenoxy) is 1. The van der Waals surface area contributed by atoms with Crippen LogP contribution in [-0.2, 0) is 20.0 Å². The molecule has 0 fully saturated rings. The highest BCUT2D eigenvalue weighted by Crippen LogP contribution is 2.26. The molecule has 1 heterocycles. The van der Waals surface area contributed by atoms with Gasteiger partial charge in [0.15, 0.2) is 0 Å². The van der Waals surface area contributed by atoms with Gasteiger partial charge in [-0.3, -0.25) is 13.8 Å². The quantitative estimate of drug-likeness (QED) is 0.309. The maximum atomic E-state index is 12.7. The summed E-state index contributed by atoms with van der Waals surface area (Å²) >= 11 is 1.13. The average molecular weight is 558 g/mol. The number of nitrogens with one attached hydrogen (secondary N) is 2. The molecule has 0 aliphatic heterocycles. The van der Waals surface area contributed by atoms with Gasteiger partial charge in [-0.15, -0.1) is 11.3 Å². The van der Waals surface area contributed by atoms with Crippen LogP contribution in [0, 0.1) is 0 Å². The van der Waals surface area contributed by atoms with E-state index in [4.69, 9.17) is 4.74 Å². The zero-order chi connectivity index (χ0) is 26.6. The number of rotatable bonds is 9. The Hall–Kier alpha value is -3.87. The van der Waals surface area contributed by atoms with Crippen LogP contribution in [0.3, 0.4) is 0 Å². The van der Waals surface area contributed by atoms with Crippen LogP contribution in [-0.4, -0.2) is 36.9 Å². The Morgan fingerprint density at radius 3 is 2.03 bits per heavy atom. The molecule has 4 rings (SSSR count). The van der Waals surface area contributed by atoms with E-state index in [1.807, 2.05) is 0 Å². The van der Waals surface area contributed by atoms with E-state index in [9.17, 15) is 21.6 Å². The lowest BCUT2D eigenvalue weighted by molar-refractivity contribution is 0.102. The van der Waals surface area contributed by atoms with Crippen molar-refractivity contribution in [1.29, 1.82) is 0 Å². The van der Waals surface area contributed by atoms with E-state index in [0.29, 0.717) is 28.4 Å². The zero-order valence-corrected chi connectivity index (χ0v) is 22.2. The Bertz CT molecular complexity index is 1580. The Kier molecular flexibility index (Phi) is 7.52. The molecule has 4 aromatic rings. The lowest BCUT2D eigenvalue weighted by Crippen LogP contribution is -2.25. The number of hydrogen-bond donors (Lipinski definition) is 2. The van der Waals surface area contributed by atoms with Crippen molar-refractivity contribution in [1.82, 2.24) is 0 Å². The molecular weight excluding hydrogens is 534 g/mol. The molecule has 1 amide bonds. The van der Waals surface area contributed by atoms with Crippen molar-refractivity contribution < 1.29 is 26.4 Å². The van der Waals surface area contributed by atoms with Gasteiger partial charge in [0, 0.05) is 24.0 Å². The van der Waals surface area contributed by atoms with Crippen LogP contribution in [0.15, 0.2) is 99.4 Å². The number of nitrogens with zero attached hydrogens (tertiary/aromatic N) is 1. The Morgan fingerprint density at radius 1 is 0.838 bits per heavy atom. The topological polar surface area (TPSA) is 122 Å². The summed E-state index contributed by atoms with van der Waals surface area (Å²) in [5.41, 5.74) is 1.50. The number of amides is 1. The summed E-state index contributed by atoms with van der Waals surface area (Å²) < 4.78 is 59.6. The summed E-state index contributed by atoms with van der Waals surface area (Å²) in [6.07, 6.45) is 0. The summed E-state index contributed by atoms with van der Waals surface area (Å²) in [6.45, 7) is 0. The normalized spacial score (nSPS) is 11.5. The van der Waals surface area contributed by atoms with Crippen LogP contribution in [0.5, 0.6) is 5.75 Å². The second-order valence-corrected chi connectivity index (χ2v) is 12.6. The molecule has 0 aliphatic rings. The van der Waals surface area contributed by atoms with Gasteiger partial charge in [0.1, 0.15) is 9.96 Å². The number of carbonyl (C=O) groups is 1. The fourth-order valence-corrected chi connectivity index (χ4v) is 6.72. The third kappa shape index (κ3) is 5.93. The summed E-state index contributed by atoms with van der Waals surface area (Å²) in [5.74, 6) is 0.176. The third-order valence-electron chi connectivity index (χ3n) is 5.37. The molecule has 0 saturated carbocycles. The molecule has 2 N–H and O–H groups in total. The van der Waals surface area contributed by atoms with Crippen LogP contribution >= 0.6 is 11.3 Å². The first-order valence-electron chi connectivity index (χ1n) is 10.8. The van der Waals surface area contributed by atoms with E-state index in [1.54, 1.807) is 47.8 Å². The van der Waals surface area contributed by atoms with E-state index >= 15 is 0 Å². The number of benzene rings is 3. The van der Waals surface area contributed by atoms with E-state index < -0.39 is 26.0 Å². The minimum atomic E-state index is -3.83. The van der Waals surface area contributed by atoms with Gasteiger partial charge in [-0.1, -0.05) is 6.07 Å². The van der Waals surface area contributed by atoms with Crippen molar-refractivity contribution in [3.8, 4) is 5.75 Å². The van der Waals surface area contributed by atoms with Crippen molar-refractivity contribution in [2.24, 2.45) is 0 Å². The zero-order valence-electron chi connectivity index (χ0n) is 19.8. The minimum Gasteiger partial charge on any atom is -0.497 e. The molecule has 0 unspecified atom stereocenters. The predicted octanol–water partition coefficient (Wildman–Crippen LogP) is 4.63. The molecule has 3 aromatic carbocycles. The molecule has 0 atom stereocenters. The first kappa shape index (κ1) is 26.2. The number of anilines is 3. The highest BCUT2D eigenvalue weighted by atomic mass is 32.2. The fraction of sp³-hybridized carbons (Fsp3) is 0.0800. The molecule has 9 nitrogen and oxygen atoms in total. The van der Waals surface area contributed by atoms with Crippen molar-refractivity contribution in [2.45, 2.75) is 9.10 Å². The number of hydrogen-bond acceptors (Lipinski definition) is 7. The largest absolute Gasteiger partial charge is 0.497 e. The van der Waals surface area contributed by atoms with E-state index in [-0.39, 0.29) is 9.10 Å². The van der Waals surface area contributed by atoms with Gasteiger partial charge in [0.05, 0.1) is 17.7 Å². The fourth-order valence-electron chi connectivity index (χ4n) is 3.30. The van der Waals surface area contributed by atoms with E-state index in [2.05, 4.69) is 10.0 Å². The van der Waals surface area contributed by atoms with Crippen molar-refractivity contribution >= 4 is 54.4 Å². The highest BCUT2D eigenvalue weighted by Gasteiger charge is 2.22. The Morgan fingerprint density at radius 2 is 1.46 bits per heavy atom. The standard InChI is InChI=1S/C25H23N3O6S3/c1-28(37(32,33)24-4-3-17-35-24)21-11-5-18(6-12-21)25(29)26-19-9-15-23(16-10-19)36(30,31)27-20-7-13-22(34-2)14-8-20/h3-17,27H,1-2H3,(H,26,29). The first-order valence-corrected chi connectivity index (χ1v) is 14.6. The van der Waals surface area contributed by atoms with Gasteiger partial charge in [-0.2, -0.15) is 0 Å². The van der Waals surface area contributed by atoms with Gasteiger partial charge >= 0.3 is 0 Å². The molecule has 1 aromatic heterocycles. The van der Waals surface area contributed by atoms with Crippen LogP contribution in [0.1, 0.15) is 10.4 Å². The summed E-state index contributed by atoms with van der Waals surface area (Å²) in [6, 6.07) is 21.5. The molecule has 0 aliphatic carbocycles. The smallest absolute Gasteiger partial charge is 0.273 e. The molecule has 0 bridgehead atoms. The third-order valence-corrected chi connectivity index (χ3v) is 9.92. The van der Waals surface area contributed by atoms with Crippen LogP contribution in [0.4, 0.5) is 17.1 Å². The van der Waals surface area contributed by atoms with Gasteiger partial charge in [-0.05, 0) is 84.2 Å². The highest BCUT2D eigenvalue weighted by molar-refractivity contribution is 7.94. The average Bonchev–Trinajstić information content (AvgIpc) is 3.45. The van der Waals surface area contributed by atoms with Gasteiger partial charge < -0.3 is 10.1 Å². The minimum absolute atomic E-state index is 0.0284. The van der Waals surface area contributed by atoms with Crippen LogP contribution in [0.2, 0.25) is 0 Å². The predicted molar refractivity (Wildman–Crippen MR) is 145 cm³/mol. The lowest BCUT2D eigenvalue weighted by atomic mass is 10.2. The van der Waals surface area contributed by atoms with E-state index in [0.717, 1.165) is 15.6 Å². The molecule has 0 spiro atoms. The second-order valence-electron chi connectivity index (χ2n) is 7.76. The summed E-state index contributed by atoms with van der Waals surface area (Å²) in [7, 11) is -4.54. The van der Waals surface area contributed by atoms with Crippen molar-refractivity contribution in [3.05, 3.63) is 95.9 Å². The maximum Gasteiger partial charge on any atom is 0.273 e. The number of sulfonamides is 2. The van der Waals surface area contributed by atoms with Crippen LogP contribution < -0.4 is 19.1 Å². The molecule has 12 heteroatoms. The van der Waals surface area contributed by atoms with E-state index in [1.165, 1.54) is 56.6 Å². The SMILES string of the molecule is COc1ccc(NS(=O)(=O)c2ccc(NC(=O)c3ccc(N(C)S(=O)(=O)c4cccs4)cc3)cc2)cc1. The first-order chi connectivity index (χ1) is 17.6. The van der Waals surface area contributed by atoms with Crippen LogP contribution in [0.25, 0.3) is 0 Å². The van der Waals surface area contributed by atoms with Crippen molar-refractivity contribution in [2.75, 3.05) is 28.5 Å². The number of carbonyl (C=O) groups excluding carboxylic acids is 1. The Balaban J connectivity index is 1.41. The number of thiophene rings is 1. The maximum absolute atomic E-state index is 12.7. The van der Waals surface area contributed by atoms with Gasteiger partial charge in [-0.25, -0.2) is 16.8 Å². The van der Waals surface area contributed by atoms with Gasteiger partial charge in [0.2, 0.25) is 0 Å². The molecular formula is C25H23N3O6S3. The lowest BCUT2D eigenvalue weighted by Gasteiger charge is -2.18. The molecule has 0 radical (unpaired) electrons.